The zero-order valence-electron chi connectivity index (χ0n) is 9.32. The van der Waals surface area contributed by atoms with Gasteiger partial charge in [-0.3, -0.25) is 4.68 Å². The van der Waals surface area contributed by atoms with Crippen molar-refractivity contribution < 1.29 is 10.2 Å². The maximum Gasteiger partial charge on any atom is 0.115 e. The van der Waals surface area contributed by atoms with E-state index in [-0.39, 0.29) is 5.75 Å². The van der Waals surface area contributed by atoms with Gasteiger partial charge in [0.25, 0.3) is 0 Å². The number of phenolic OH excluding ortho intramolecular Hbond substituents is 1. The van der Waals surface area contributed by atoms with Crippen molar-refractivity contribution in [1.29, 1.82) is 0 Å². The van der Waals surface area contributed by atoms with E-state index in [2.05, 4.69) is 5.10 Å². The molecule has 1 aromatic heterocycles. The minimum absolute atomic E-state index is 0.186. The zero-order valence-corrected chi connectivity index (χ0v) is 9.32. The van der Waals surface area contributed by atoms with Crippen LogP contribution < -0.4 is 5.73 Å². The van der Waals surface area contributed by atoms with E-state index < -0.39 is 6.10 Å². The molecule has 4 N–H and O–H groups in total. The smallest absolute Gasteiger partial charge is 0.115 e. The molecule has 90 valence electrons. The molecule has 0 spiro atoms. The first kappa shape index (κ1) is 11.6. The molecule has 2 rings (SSSR count). The molecule has 1 heterocycles. The summed E-state index contributed by atoms with van der Waals surface area (Å²) in [5.74, 6) is 0.186. The number of benzene rings is 1. The third-order valence-electron chi connectivity index (χ3n) is 2.56. The van der Waals surface area contributed by atoms with E-state index in [1.165, 1.54) is 0 Å². The van der Waals surface area contributed by atoms with Gasteiger partial charge in [-0.1, -0.05) is 12.1 Å². The summed E-state index contributed by atoms with van der Waals surface area (Å²) in [6.45, 7) is 0.806. The van der Waals surface area contributed by atoms with Gasteiger partial charge in [-0.05, 0) is 17.7 Å². The fourth-order valence-corrected chi connectivity index (χ4v) is 1.59. The van der Waals surface area contributed by atoms with E-state index in [0.717, 1.165) is 11.1 Å². The number of aliphatic hydroxyl groups is 1. The second kappa shape index (κ2) is 4.99. The molecule has 0 aliphatic carbocycles. The Kier molecular flexibility index (Phi) is 3.41. The van der Waals surface area contributed by atoms with Gasteiger partial charge in [0, 0.05) is 18.3 Å². The minimum atomic E-state index is -0.652. The summed E-state index contributed by atoms with van der Waals surface area (Å²) in [4.78, 5) is 0. The molecule has 1 unspecified atom stereocenters. The Balaban J connectivity index is 2.05. The zero-order chi connectivity index (χ0) is 12.3. The molecule has 1 aromatic carbocycles. The standard InChI is InChI=1S/C12H15N3O2/c13-5-9-6-14-15(7-9)8-12(17)10-1-3-11(16)4-2-10/h1-4,6-7,12,16-17H,5,8,13H2. The van der Waals surface area contributed by atoms with Gasteiger partial charge < -0.3 is 15.9 Å². The van der Waals surface area contributed by atoms with Crippen LogP contribution in [0.4, 0.5) is 0 Å². The summed E-state index contributed by atoms with van der Waals surface area (Å²) < 4.78 is 1.65. The molecular weight excluding hydrogens is 218 g/mol. The van der Waals surface area contributed by atoms with Crippen molar-refractivity contribution >= 4 is 0 Å². The molecule has 0 radical (unpaired) electrons. The monoisotopic (exact) mass is 233 g/mol. The van der Waals surface area contributed by atoms with Gasteiger partial charge in [-0.15, -0.1) is 0 Å². The number of rotatable bonds is 4. The Hall–Kier alpha value is -1.85. The molecule has 0 saturated heterocycles. The maximum atomic E-state index is 9.97. The molecule has 0 bridgehead atoms. The van der Waals surface area contributed by atoms with Crippen LogP contribution in [0.1, 0.15) is 17.2 Å². The topological polar surface area (TPSA) is 84.3 Å². The molecule has 0 saturated carbocycles. The number of aromatic nitrogens is 2. The molecular formula is C12H15N3O2. The van der Waals surface area contributed by atoms with E-state index in [1.807, 2.05) is 6.20 Å². The normalized spacial score (nSPS) is 12.6. The molecule has 0 aliphatic heterocycles. The lowest BCUT2D eigenvalue weighted by atomic mass is 10.1. The van der Waals surface area contributed by atoms with Crippen LogP contribution >= 0.6 is 0 Å². The Morgan fingerprint density at radius 3 is 2.59 bits per heavy atom. The van der Waals surface area contributed by atoms with Crippen LogP contribution in [0.3, 0.4) is 0 Å². The van der Waals surface area contributed by atoms with Crippen molar-refractivity contribution in [3.63, 3.8) is 0 Å². The van der Waals surface area contributed by atoms with Gasteiger partial charge in [0.05, 0.1) is 18.8 Å². The first-order chi connectivity index (χ1) is 8.19. The SMILES string of the molecule is NCc1cnn(CC(O)c2ccc(O)cc2)c1. The van der Waals surface area contributed by atoms with E-state index in [0.29, 0.717) is 13.1 Å². The summed E-state index contributed by atoms with van der Waals surface area (Å²) >= 11 is 0. The number of aromatic hydroxyl groups is 1. The van der Waals surface area contributed by atoms with Gasteiger partial charge in [-0.25, -0.2) is 0 Å². The lowest BCUT2D eigenvalue weighted by Crippen LogP contribution is -2.09. The average Bonchev–Trinajstić information content (AvgIpc) is 2.77. The van der Waals surface area contributed by atoms with Crippen LogP contribution in [0.15, 0.2) is 36.7 Å². The van der Waals surface area contributed by atoms with Crippen LogP contribution in [-0.2, 0) is 13.1 Å². The molecule has 0 aliphatic rings. The Morgan fingerprint density at radius 1 is 1.29 bits per heavy atom. The summed E-state index contributed by atoms with van der Waals surface area (Å²) in [6, 6.07) is 6.47. The minimum Gasteiger partial charge on any atom is -0.508 e. The van der Waals surface area contributed by atoms with E-state index >= 15 is 0 Å². The predicted octanol–water partition coefficient (Wildman–Crippen LogP) is 0.781. The van der Waals surface area contributed by atoms with Gasteiger partial charge in [0.1, 0.15) is 5.75 Å². The van der Waals surface area contributed by atoms with Crippen molar-refractivity contribution in [3.8, 4) is 5.75 Å². The molecule has 2 aromatic rings. The van der Waals surface area contributed by atoms with Crippen LogP contribution in [0.5, 0.6) is 5.75 Å². The van der Waals surface area contributed by atoms with Crippen LogP contribution in [0, 0.1) is 0 Å². The largest absolute Gasteiger partial charge is 0.508 e. The molecule has 17 heavy (non-hydrogen) atoms. The summed E-state index contributed by atoms with van der Waals surface area (Å²) in [5, 5.41) is 23.2. The second-order valence-electron chi connectivity index (χ2n) is 3.88. The average molecular weight is 233 g/mol. The third-order valence-corrected chi connectivity index (χ3v) is 2.56. The first-order valence-corrected chi connectivity index (χ1v) is 5.37. The number of aliphatic hydroxyl groups excluding tert-OH is 1. The van der Waals surface area contributed by atoms with Crippen molar-refractivity contribution in [2.24, 2.45) is 5.73 Å². The number of nitrogens with zero attached hydrogens (tertiary/aromatic N) is 2. The van der Waals surface area contributed by atoms with Gasteiger partial charge in [0.15, 0.2) is 0 Å². The predicted molar refractivity (Wildman–Crippen MR) is 63.2 cm³/mol. The maximum absolute atomic E-state index is 9.97. The quantitative estimate of drug-likeness (QED) is 0.728. The second-order valence-corrected chi connectivity index (χ2v) is 3.88. The molecule has 5 nitrogen and oxygen atoms in total. The van der Waals surface area contributed by atoms with Crippen molar-refractivity contribution in [2.45, 2.75) is 19.2 Å². The number of hydrogen-bond acceptors (Lipinski definition) is 4. The lowest BCUT2D eigenvalue weighted by Gasteiger charge is -2.11. The summed E-state index contributed by atoms with van der Waals surface area (Å²) in [6.07, 6.45) is 2.84. The van der Waals surface area contributed by atoms with Gasteiger partial charge in [0.2, 0.25) is 0 Å². The Morgan fingerprint density at radius 2 is 2.00 bits per heavy atom. The van der Waals surface area contributed by atoms with Crippen LogP contribution in [-0.4, -0.2) is 20.0 Å². The summed E-state index contributed by atoms with van der Waals surface area (Å²) in [5.41, 5.74) is 7.15. The fraction of sp³-hybridized carbons (Fsp3) is 0.250. The van der Waals surface area contributed by atoms with Crippen molar-refractivity contribution in [3.05, 3.63) is 47.8 Å². The Labute approximate surface area is 99.1 Å². The first-order valence-electron chi connectivity index (χ1n) is 5.37. The van der Waals surface area contributed by atoms with Crippen molar-refractivity contribution in [2.75, 3.05) is 0 Å². The van der Waals surface area contributed by atoms with E-state index in [1.54, 1.807) is 35.1 Å². The van der Waals surface area contributed by atoms with Gasteiger partial charge in [-0.2, -0.15) is 5.10 Å². The Bertz CT molecular complexity index is 479. The highest BCUT2D eigenvalue weighted by molar-refractivity contribution is 5.27. The number of phenols is 1. The molecule has 0 fully saturated rings. The van der Waals surface area contributed by atoms with E-state index in [4.69, 9.17) is 10.8 Å². The highest BCUT2D eigenvalue weighted by Crippen LogP contribution is 2.18. The fourth-order valence-electron chi connectivity index (χ4n) is 1.59. The highest BCUT2D eigenvalue weighted by Gasteiger charge is 2.09. The molecule has 1 atom stereocenters. The third kappa shape index (κ3) is 2.83. The number of hydrogen-bond donors (Lipinski definition) is 3. The van der Waals surface area contributed by atoms with Gasteiger partial charge >= 0.3 is 0 Å². The summed E-state index contributed by atoms with van der Waals surface area (Å²) in [7, 11) is 0. The van der Waals surface area contributed by atoms with E-state index in [9.17, 15) is 5.11 Å². The molecule has 0 amide bonds. The highest BCUT2D eigenvalue weighted by atomic mass is 16.3. The number of nitrogens with two attached hydrogens (primary N) is 1. The van der Waals surface area contributed by atoms with Crippen molar-refractivity contribution in [1.82, 2.24) is 9.78 Å². The van der Waals surface area contributed by atoms with Crippen LogP contribution in [0.25, 0.3) is 0 Å². The lowest BCUT2D eigenvalue weighted by molar-refractivity contribution is 0.151. The van der Waals surface area contributed by atoms with Crippen LogP contribution in [0.2, 0.25) is 0 Å². The molecule has 5 heteroatoms.